The van der Waals surface area contributed by atoms with Gasteiger partial charge in [0, 0.05) is 37.9 Å². The van der Waals surface area contributed by atoms with Gasteiger partial charge in [0.15, 0.2) is 5.82 Å². The van der Waals surface area contributed by atoms with E-state index in [1.54, 1.807) is 7.11 Å². The average molecular weight is 377 g/mol. The maximum atomic E-state index is 12.6. The van der Waals surface area contributed by atoms with Crippen LogP contribution in [0.3, 0.4) is 0 Å². The van der Waals surface area contributed by atoms with Gasteiger partial charge in [0.05, 0.1) is 12.8 Å². The Morgan fingerprint density at radius 3 is 2.43 bits per heavy atom. The topological polar surface area (TPSA) is 73.5 Å². The van der Waals surface area contributed by atoms with Crippen LogP contribution in [0.1, 0.15) is 0 Å². The van der Waals surface area contributed by atoms with E-state index in [0.717, 1.165) is 30.1 Å². The number of aromatic amines is 1. The second-order valence-corrected chi connectivity index (χ2v) is 6.64. The first-order valence-corrected chi connectivity index (χ1v) is 9.29. The summed E-state index contributed by atoms with van der Waals surface area (Å²) in [5, 5.41) is 10.1. The van der Waals surface area contributed by atoms with Crippen LogP contribution in [-0.2, 0) is 0 Å². The Balaban J connectivity index is 1.34. The highest BCUT2D eigenvalue weighted by molar-refractivity contribution is 5.89. The summed E-state index contributed by atoms with van der Waals surface area (Å²) in [5.41, 5.74) is 3.01. The van der Waals surface area contributed by atoms with E-state index in [9.17, 15) is 4.79 Å². The Hall–Kier alpha value is -3.48. The number of hydrogen-bond donors (Lipinski definition) is 2. The van der Waals surface area contributed by atoms with Crippen molar-refractivity contribution in [3.05, 3.63) is 60.7 Å². The van der Waals surface area contributed by atoms with Crippen LogP contribution in [-0.4, -0.2) is 54.4 Å². The van der Waals surface area contributed by atoms with Crippen molar-refractivity contribution in [1.82, 2.24) is 15.1 Å². The van der Waals surface area contributed by atoms with E-state index in [1.807, 2.05) is 53.4 Å². The molecular weight excluding hydrogens is 354 g/mol. The number of methoxy groups -OCH3 is 1. The normalized spacial score (nSPS) is 14.0. The molecule has 4 rings (SSSR count). The van der Waals surface area contributed by atoms with Crippen LogP contribution >= 0.6 is 0 Å². The SMILES string of the molecule is COc1ccc(-c2cc(NC(=O)N3CCN(c4ccccc4)CC3)n[nH]2)cc1. The van der Waals surface area contributed by atoms with Crippen molar-refractivity contribution in [1.29, 1.82) is 0 Å². The third kappa shape index (κ3) is 3.93. The molecule has 1 fully saturated rings. The van der Waals surface area contributed by atoms with E-state index in [0.29, 0.717) is 18.9 Å². The van der Waals surface area contributed by atoms with Crippen LogP contribution in [0.15, 0.2) is 60.7 Å². The number of benzene rings is 2. The molecule has 0 atom stereocenters. The molecule has 7 nitrogen and oxygen atoms in total. The molecule has 0 spiro atoms. The third-order valence-electron chi connectivity index (χ3n) is 4.90. The number of amides is 2. The third-order valence-corrected chi connectivity index (χ3v) is 4.90. The van der Waals surface area contributed by atoms with E-state index in [1.165, 1.54) is 5.69 Å². The predicted molar refractivity (Wildman–Crippen MR) is 110 cm³/mol. The molecule has 28 heavy (non-hydrogen) atoms. The van der Waals surface area contributed by atoms with Crippen LogP contribution in [0, 0.1) is 0 Å². The molecule has 2 N–H and O–H groups in total. The second kappa shape index (κ2) is 8.04. The van der Waals surface area contributed by atoms with Gasteiger partial charge in [-0.3, -0.25) is 10.4 Å². The molecular formula is C21H23N5O2. The number of anilines is 2. The Kier molecular flexibility index (Phi) is 5.14. The lowest BCUT2D eigenvalue weighted by Gasteiger charge is -2.35. The summed E-state index contributed by atoms with van der Waals surface area (Å²) in [7, 11) is 1.64. The summed E-state index contributed by atoms with van der Waals surface area (Å²) >= 11 is 0. The fraction of sp³-hybridized carbons (Fsp3) is 0.238. The van der Waals surface area contributed by atoms with Gasteiger partial charge in [-0.1, -0.05) is 18.2 Å². The number of para-hydroxylation sites is 1. The maximum absolute atomic E-state index is 12.6. The highest BCUT2D eigenvalue weighted by Gasteiger charge is 2.21. The van der Waals surface area contributed by atoms with Crippen molar-refractivity contribution >= 4 is 17.5 Å². The number of rotatable bonds is 4. The summed E-state index contributed by atoms with van der Waals surface area (Å²) < 4.78 is 5.17. The Morgan fingerprint density at radius 1 is 1.04 bits per heavy atom. The summed E-state index contributed by atoms with van der Waals surface area (Å²) in [5.74, 6) is 1.31. The van der Waals surface area contributed by atoms with E-state index in [2.05, 4.69) is 32.5 Å². The first-order valence-electron chi connectivity index (χ1n) is 9.29. The Labute approximate surface area is 163 Å². The molecule has 0 aliphatic carbocycles. The zero-order chi connectivity index (χ0) is 19.3. The Morgan fingerprint density at radius 2 is 1.75 bits per heavy atom. The lowest BCUT2D eigenvalue weighted by molar-refractivity contribution is 0.208. The highest BCUT2D eigenvalue weighted by Crippen LogP contribution is 2.23. The number of aromatic nitrogens is 2. The second-order valence-electron chi connectivity index (χ2n) is 6.64. The molecule has 0 radical (unpaired) electrons. The molecule has 144 valence electrons. The van der Waals surface area contributed by atoms with E-state index >= 15 is 0 Å². The maximum Gasteiger partial charge on any atom is 0.323 e. The number of ether oxygens (including phenoxy) is 1. The largest absolute Gasteiger partial charge is 0.497 e. The number of carbonyl (C=O) groups excluding carboxylic acids is 1. The molecule has 0 unspecified atom stereocenters. The standard InChI is InChI=1S/C21H23N5O2/c1-28-18-9-7-16(8-10-18)19-15-20(24-23-19)22-21(27)26-13-11-25(12-14-26)17-5-3-2-4-6-17/h2-10,15H,11-14H2,1H3,(H2,22,23,24,27). The van der Waals surface area contributed by atoms with Crippen molar-refractivity contribution < 1.29 is 9.53 Å². The Bertz CT molecular complexity index is 915. The molecule has 3 aromatic rings. The molecule has 7 heteroatoms. The van der Waals surface area contributed by atoms with Crippen molar-refractivity contribution in [2.45, 2.75) is 0 Å². The molecule has 1 aliphatic rings. The number of nitrogens with one attached hydrogen (secondary N) is 2. The summed E-state index contributed by atoms with van der Waals surface area (Å²) in [4.78, 5) is 16.7. The molecule has 1 aliphatic heterocycles. The minimum Gasteiger partial charge on any atom is -0.497 e. The lowest BCUT2D eigenvalue weighted by atomic mass is 10.1. The van der Waals surface area contributed by atoms with Gasteiger partial charge < -0.3 is 14.5 Å². The van der Waals surface area contributed by atoms with Crippen molar-refractivity contribution in [3.63, 3.8) is 0 Å². The van der Waals surface area contributed by atoms with Gasteiger partial charge in [-0.15, -0.1) is 0 Å². The summed E-state index contributed by atoms with van der Waals surface area (Å²) in [6.45, 7) is 2.98. The molecule has 0 bridgehead atoms. The summed E-state index contributed by atoms with van der Waals surface area (Å²) in [6, 6.07) is 19.7. The lowest BCUT2D eigenvalue weighted by Crippen LogP contribution is -2.50. The smallest absolute Gasteiger partial charge is 0.323 e. The van der Waals surface area contributed by atoms with Gasteiger partial charge in [0.1, 0.15) is 5.75 Å². The van der Waals surface area contributed by atoms with Gasteiger partial charge in [0.2, 0.25) is 0 Å². The van der Waals surface area contributed by atoms with Gasteiger partial charge in [-0.2, -0.15) is 5.10 Å². The van der Waals surface area contributed by atoms with Gasteiger partial charge in [-0.05, 0) is 42.0 Å². The zero-order valence-corrected chi connectivity index (χ0v) is 15.8. The monoisotopic (exact) mass is 377 g/mol. The van der Waals surface area contributed by atoms with E-state index in [4.69, 9.17) is 4.74 Å². The number of nitrogens with zero attached hydrogens (tertiary/aromatic N) is 3. The first-order chi connectivity index (χ1) is 13.7. The fourth-order valence-electron chi connectivity index (χ4n) is 3.30. The minimum atomic E-state index is -0.125. The van der Waals surface area contributed by atoms with Crippen LogP contribution in [0.4, 0.5) is 16.3 Å². The molecule has 1 saturated heterocycles. The first kappa shape index (κ1) is 17.9. The van der Waals surface area contributed by atoms with E-state index < -0.39 is 0 Å². The average Bonchev–Trinajstić information content (AvgIpc) is 3.23. The number of urea groups is 1. The molecule has 2 amide bonds. The quantitative estimate of drug-likeness (QED) is 0.730. The van der Waals surface area contributed by atoms with Crippen molar-refractivity contribution in [2.75, 3.05) is 43.5 Å². The molecule has 2 aromatic carbocycles. The zero-order valence-electron chi connectivity index (χ0n) is 15.8. The number of carbonyl (C=O) groups is 1. The van der Waals surface area contributed by atoms with Crippen LogP contribution in [0.5, 0.6) is 5.75 Å². The molecule has 2 heterocycles. The van der Waals surface area contributed by atoms with Crippen LogP contribution in [0.2, 0.25) is 0 Å². The summed E-state index contributed by atoms with van der Waals surface area (Å²) in [6.07, 6.45) is 0. The van der Waals surface area contributed by atoms with Crippen LogP contribution < -0.4 is 15.0 Å². The molecule has 1 aromatic heterocycles. The number of H-pyrrole nitrogens is 1. The number of piperazine rings is 1. The van der Waals surface area contributed by atoms with Gasteiger partial charge in [-0.25, -0.2) is 4.79 Å². The van der Waals surface area contributed by atoms with Crippen molar-refractivity contribution in [2.24, 2.45) is 0 Å². The van der Waals surface area contributed by atoms with Gasteiger partial charge >= 0.3 is 6.03 Å². The predicted octanol–water partition coefficient (Wildman–Crippen LogP) is 3.44. The fourth-order valence-corrected chi connectivity index (χ4v) is 3.30. The van der Waals surface area contributed by atoms with Crippen LogP contribution in [0.25, 0.3) is 11.3 Å². The van der Waals surface area contributed by atoms with E-state index in [-0.39, 0.29) is 6.03 Å². The number of hydrogen-bond acceptors (Lipinski definition) is 4. The highest BCUT2D eigenvalue weighted by atomic mass is 16.5. The molecule has 0 saturated carbocycles. The van der Waals surface area contributed by atoms with Crippen molar-refractivity contribution in [3.8, 4) is 17.0 Å². The van der Waals surface area contributed by atoms with Gasteiger partial charge in [0.25, 0.3) is 0 Å². The minimum absolute atomic E-state index is 0.125.